The average molecular weight is 340 g/mol. The van der Waals surface area contributed by atoms with Crippen LogP contribution in [0.1, 0.15) is 31.4 Å². The molecule has 0 aliphatic heterocycles. The number of hydrogen-bond acceptors (Lipinski definition) is 3. The second-order valence-electron chi connectivity index (χ2n) is 6.32. The van der Waals surface area contributed by atoms with Crippen molar-refractivity contribution in [2.45, 2.75) is 32.8 Å². The van der Waals surface area contributed by atoms with Crippen molar-refractivity contribution < 1.29 is 9.53 Å². The molecule has 25 heavy (non-hydrogen) atoms. The lowest BCUT2D eigenvalue weighted by Gasteiger charge is -2.12. The Kier molecular flexibility index (Phi) is 8.16. The Balaban J connectivity index is 1.79. The van der Waals surface area contributed by atoms with Crippen LogP contribution >= 0.6 is 0 Å². The summed E-state index contributed by atoms with van der Waals surface area (Å²) in [5, 5.41) is 6.16. The largest absolute Gasteiger partial charge is 0.379 e. The molecular weight excluding hydrogens is 312 g/mol. The second kappa shape index (κ2) is 10.6. The van der Waals surface area contributed by atoms with Gasteiger partial charge in [-0.1, -0.05) is 48.5 Å². The number of carbonyl (C=O) groups excluding carboxylic acids is 1. The van der Waals surface area contributed by atoms with Gasteiger partial charge >= 0.3 is 0 Å². The number of benzene rings is 2. The van der Waals surface area contributed by atoms with Crippen molar-refractivity contribution in [2.24, 2.45) is 0 Å². The summed E-state index contributed by atoms with van der Waals surface area (Å²) >= 11 is 0. The van der Waals surface area contributed by atoms with E-state index in [1.165, 1.54) is 5.56 Å². The summed E-state index contributed by atoms with van der Waals surface area (Å²) in [6.45, 7) is 5.83. The number of amides is 1. The van der Waals surface area contributed by atoms with Crippen LogP contribution in [0.3, 0.4) is 0 Å². The first-order chi connectivity index (χ1) is 12.1. The van der Waals surface area contributed by atoms with Crippen molar-refractivity contribution in [1.82, 2.24) is 5.32 Å². The Bertz CT molecular complexity index is 641. The topological polar surface area (TPSA) is 50.4 Å². The molecule has 0 aliphatic rings. The van der Waals surface area contributed by atoms with Gasteiger partial charge in [-0.2, -0.15) is 0 Å². The molecule has 2 N–H and O–H groups in total. The monoisotopic (exact) mass is 340 g/mol. The zero-order valence-electron chi connectivity index (χ0n) is 15.1. The Hall–Kier alpha value is -2.17. The normalized spacial score (nSPS) is 10.8. The van der Waals surface area contributed by atoms with Crippen molar-refractivity contribution in [3.63, 3.8) is 0 Å². The Morgan fingerprint density at radius 3 is 2.52 bits per heavy atom. The smallest absolute Gasteiger partial charge is 0.238 e. The van der Waals surface area contributed by atoms with E-state index in [1.807, 2.05) is 50.2 Å². The molecule has 0 atom stereocenters. The summed E-state index contributed by atoms with van der Waals surface area (Å²) < 4.78 is 5.48. The molecule has 2 aromatic carbocycles. The highest BCUT2D eigenvalue weighted by atomic mass is 16.5. The first-order valence-corrected chi connectivity index (χ1v) is 8.89. The van der Waals surface area contributed by atoms with Crippen LogP contribution in [0.25, 0.3) is 0 Å². The zero-order chi connectivity index (χ0) is 17.9. The molecule has 0 aromatic heterocycles. The third-order valence-electron chi connectivity index (χ3n) is 3.76. The van der Waals surface area contributed by atoms with Gasteiger partial charge in [-0.3, -0.25) is 4.79 Å². The molecule has 0 aliphatic carbocycles. The third kappa shape index (κ3) is 7.50. The number of nitrogens with one attached hydrogen (secondary N) is 2. The Labute approximate surface area is 150 Å². The Morgan fingerprint density at radius 2 is 1.76 bits per heavy atom. The highest BCUT2D eigenvalue weighted by Gasteiger charge is 2.07. The molecule has 2 rings (SSSR count). The maximum atomic E-state index is 12.2. The van der Waals surface area contributed by atoms with Crippen molar-refractivity contribution in [2.75, 3.05) is 25.0 Å². The van der Waals surface area contributed by atoms with Gasteiger partial charge in [0.1, 0.15) is 0 Å². The van der Waals surface area contributed by atoms with E-state index in [1.54, 1.807) is 0 Å². The minimum absolute atomic E-state index is 0.0229. The van der Waals surface area contributed by atoms with Gasteiger partial charge < -0.3 is 15.4 Å². The predicted octanol–water partition coefficient (Wildman–Crippen LogP) is 3.62. The summed E-state index contributed by atoms with van der Waals surface area (Å²) in [4.78, 5) is 12.2. The van der Waals surface area contributed by atoms with E-state index in [0.717, 1.165) is 30.6 Å². The predicted molar refractivity (Wildman–Crippen MR) is 103 cm³/mol. The van der Waals surface area contributed by atoms with E-state index in [9.17, 15) is 4.79 Å². The van der Waals surface area contributed by atoms with Gasteiger partial charge in [-0.25, -0.2) is 0 Å². The molecule has 4 nitrogen and oxygen atoms in total. The van der Waals surface area contributed by atoms with Crippen LogP contribution in [-0.4, -0.2) is 31.7 Å². The molecule has 0 radical (unpaired) electrons. The van der Waals surface area contributed by atoms with Crippen molar-refractivity contribution in [3.05, 3.63) is 65.7 Å². The van der Waals surface area contributed by atoms with Gasteiger partial charge in [0.2, 0.25) is 5.91 Å². The molecule has 1 amide bonds. The van der Waals surface area contributed by atoms with E-state index in [-0.39, 0.29) is 12.0 Å². The molecule has 0 heterocycles. The zero-order valence-corrected chi connectivity index (χ0v) is 15.1. The SMILES string of the molecule is CC(C)OCCCNCC(=O)Nc1ccccc1Cc1ccccc1. The number of carbonyl (C=O) groups is 1. The summed E-state index contributed by atoms with van der Waals surface area (Å²) in [7, 11) is 0. The molecule has 0 fully saturated rings. The lowest BCUT2D eigenvalue weighted by Crippen LogP contribution is -2.29. The van der Waals surface area contributed by atoms with Crippen LogP contribution in [0.2, 0.25) is 0 Å². The molecular formula is C21H28N2O2. The molecule has 0 saturated carbocycles. The van der Waals surface area contributed by atoms with Gasteiger partial charge in [0.25, 0.3) is 0 Å². The average Bonchev–Trinajstić information content (AvgIpc) is 2.60. The van der Waals surface area contributed by atoms with Gasteiger partial charge in [-0.05, 0) is 50.4 Å². The van der Waals surface area contributed by atoms with E-state index < -0.39 is 0 Å². The van der Waals surface area contributed by atoms with Gasteiger partial charge in [0.15, 0.2) is 0 Å². The summed E-state index contributed by atoms with van der Waals surface area (Å²) in [5.41, 5.74) is 3.22. The van der Waals surface area contributed by atoms with E-state index in [2.05, 4.69) is 28.8 Å². The fourth-order valence-corrected chi connectivity index (χ4v) is 2.52. The fourth-order valence-electron chi connectivity index (χ4n) is 2.52. The number of rotatable bonds is 10. The van der Waals surface area contributed by atoms with E-state index >= 15 is 0 Å². The summed E-state index contributed by atoms with van der Waals surface area (Å²) in [6, 6.07) is 18.2. The number of anilines is 1. The maximum Gasteiger partial charge on any atom is 0.238 e. The quantitative estimate of drug-likeness (QED) is 0.650. The molecule has 2 aromatic rings. The number of hydrogen-bond donors (Lipinski definition) is 2. The highest BCUT2D eigenvalue weighted by molar-refractivity contribution is 5.93. The fraction of sp³-hybridized carbons (Fsp3) is 0.381. The lowest BCUT2D eigenvalue weighted by atomic mass is 10.0. The van der Waals surface area contributed by atoms with Crippen LogP contribution < -0.4 is 10.6 Å². The standard InChI is InChI=1S/C21H28N2O2/c1-17(2)25-14-8-13-22-16-21(24)23-20-12-7-6-11-19(20)15-18-9-4-3-5-10-18/h3-7,9-12,17,22H,8,13-16H2,1-2H3,(H,23,24). The van der Waals surface area contributed by atoms with Gasteiger partial charge in [-0.15, -0.1) is 0 Å². The minimum atomic E-state index is -0.0229. The molecule has 0 spiro atoms. The van der Waals surface area contributed by atoms with Crippen LogP contribution in [0, 0.1) is 0 Å². The maximum absolute atomic E-state index is 12.2. The van der Waals surface area contributed by atoms with Crippen molar-refractivity contribution in [1.29, 1.82) is 0 Å². The lowest BCUT2D eigenvalue weighted by molar-refractivity contribution is -0.115. The van der Waals surface area contributed by atoms with Gasteiger partial charge in [0.05, 0.1) is 12.6 Å². The summed E-state index contributed by atoms with van der Waals surface area (Å²) in [5.74, 6) is -0.0229. The van der Waals surface area contributed by atoms with Crippen LogP contribution in [0.5, 0.6) is 0 Å². The molecule has 0 unspecified atom stereocenters. The van der Waals surface area contributed by atoms with Crippen LogP contribution in [-0.2, 0) is 16.0 Å². The van der Waals surface area contributed by atoms with E-state index in [0.29, 0.717) is 13.2 Å². The van der Waals surface area contributed by atoms with Crippen molar-refractivity contribution in [3.8, 4) is 0 Å². The van der Waals surface area contributed by atoms with Crippen LogP contribution in [0.15, 0.2) is 54.6 Å². The second-order valence-corrected chi connectivity index (χ2v) is 6.32. The molecule has 134 valence electrons. The highest BCUT2D eigenvalue weighted by Crippen LogP contribution is 2.18. The molecule has 4 heteroatoms. The van der Waals surface area contributed by atoms with E-state index in [4.69, 9.17) is 4.74 Å². The molecule has 0 saturated heterocycles. The minimum Gasteiger partial charge on any atom is -0.379 e. The Morgan fingerprint density at radius 1 is 1.04 bits per heavy atom. The first-order valence-electron chi connectivity index (χ1n) is 8.89. The first kappa shape index (κ1) is 19.2. The third-order valence-corrected chi connectivity index (χ3v) is 3.76. The van der Waals surface area contributed by atoms with Crippen LogP contribution in [0.4, 0.5) is 5.69 Å². The number of ether oxygens (including phenoxy) is 1. The van der Waals surface area contributed by atoms with Gasteiger partial charge in [0, 0.05) is 12.3 Å². The molecule has 0 bridgehead atoms. The van der Waals surface area contributed by atoms with Crippen molar-refractivity contribution >= 4 is 11.6 Å². The summed E-state index contributed by atoms with van der Waals surface area (Å²) in [6.07, 6.45) is 1.96. The number of para-hydroxylation sites is 1.